The zero-order valence-electron chi connectivity index (χ0n) is 19.7. The molecule has 0 spiro atoms. The molecule has 7 nitrogen and oxygen atoms in total. The summed E-state index contributed by atoms with van der Waals surface area (Å²) in [6.07, 6.45) is 1.51. The molecule has 1 saturated heterocycles. The molecule has 2 heterocycles. The van der Waals surface area contributed by atoms with E-state index in [0.717, 1.165) is 36.4 Å². The topological polar surface area (TPSA) is 69.0 Å². The normalized spacial score (nSPS) is 16.8. The lowest BCUT2D eigenvalue weighted by Crippen LogP contribution is -2.39. The third kappa shape index (κ3) is 6.21. The molecule has 2 aromatic carbocycles. The van der Waals surface area contributed by atoms with Gasteiger partial charge in [0.05, 0.1) is 35.8 Å². The van der Waals surface area contributed by atoms with E-state index in [-0.39, 0.29) is 18.5 Å². The number of aliphatic hydroxyl groups is 1. The van der Waals surface area contributed by atoms with Crippen molar-refractivity contribution in [2.75, 3.05) is 33.4 Å². The molecule has 1 fully saturated rings. The third-order valence-corrected chi connectivity index (χ3v) is 5.84. The van der Waals surface area contributed by atoms with Crippen LogP contribution in [0.2, 0.25) is 0 Å². The van der Waals surface area contributed by atoms with Gasteiger partial charge < -0.3 is 19.3 Å². The number of halogens is 1. The standard InChI is InChI=1S/C26H32FN3O4/c1-19-25(17-29(15-22(31)18-32-2)16-24-12-7-13-33-24)26(34-23-11-6-8-20(27)14-23)30(28-19)21-9-4-3-5-10-21/h3-6,8-11,14,22,24,31H,7,12-13,15-18H2,1-2H3/t22-,24+/m1/s1. The number of benzene rings is 2. The van der Waals surface area contributed by atoms with Crippen LogP contribution in [0.3, 0.4) is 0 Å². The van der Waals surface area contributed by atoms with Crippen LogP contribution in [0.4, 0.5) is 4.39 Å². The van der Waals surface area contributed by atoms with Crippen molar-refractivity contribution in [1.82, 2.24) is 14.7 Å². The molecular formula is C26H32FN3O4. The van der Waals surface area contributed by atoms with E-state index >= 15 is 0 Å². The Morgan fingerprint density at radius 3 is 2.76 bits per heavy atom. The number of para-hydroxylation sites is 1. The maximum atomic E-state index is 13.9. The number of aromatic nitrogens is 2. The molecule has 1 aliphatic heterocycles. The number of nitrogens with zero attached hydrogens (tertiary/aromatic N) is 3. The Hall–Kier alpha value is -2.78. The lowest BCUT2D eigenvalue weighted by atomic mass is 10.1. The van der Waals surface area contributed by atoms with Crippen molar-refractivity contribution in [3.8, 4) is 17.3 Å². The first-order valence-electron chi connectivity index (χ1n) is 11.6. The van der Waals surface area contributed by atoms with Crippen molar-refractivity contribution in [2.24, 2.45) is 0 Å². The van der Waals surface area contributed by atoms with Crippen LogP contribution >= 0.6 is 0 Å². The van der Waals surface area contributed by atoms with Crippen LogP contribution in [0.15, 0.2) is 54.6 Å². The summed E-state index contributed by atoms with van der Waals surface area (Å²) in [5, 5.41) is 15.2. The van der Waals surface area contributed by atoms with Gasteiger partial charge in [0.1, 0.15) is 11.6 Å². The zero-order chi connectivity index (χ0) is 23.9. The smallest absolute Gasteiger partial charge is 0.227 e. The molecule has 1 aromatic heterocycles. The van der Waals surface area contributed by atoms with Gasteiger partial charge >= 0.3 is 0 Å². The maximum Gasteiger partial charge on any atom is 0.227 e. The van der Waals surface area contributed by atoms with Gasteiger partial charge in [-0.1, -0.05) is 24.3 Å². The van der Waals surface area contributed by atoms with Crippen LogP contribution in [0.5, 0.6) is 11.6 Å². The molecule has 4 rings (SSSR count). The van der Waals surface area contributed by atoms with Gasteiger partial charge in [-0.25, -0.2) is 9.07 Å². The number of aliphatic hydroxyl groups excluding tert-OH is 1. The van der Waals surface area contributed by atoms with Gasteiger partial charge in [-0.3, -0.25) is 4.90 Å². The van der Waals surface area contributed by atoms with Crippen LogP contribution in [0, 0.1) is 12.7 Å². The highest BCUT2D eigenvalue weighted by Crippen LogP contribution is 2.32. The van der Waals surface area contributed by atoms with E-state index in [4.69, 9.17) is 19.3 Å². The van der Waals surface area contributed by atoms with E-state index in [0.29, 0.717) is 31.3 Å². The molecule has 0 bridgehead atoms. The molecule has 0 saturated carbocycles. The van der Waals surface area contributed by atoms with Gasteiger partial charge in [0.25, 0.3) is 0 Å². The summed E-state index contributed by atoms with van der Waals surface area (Å²) in [7, 11) is 1.58. The zero-order valence-corrected chi connectivity index (χ0v) is 19.7. The van der Waals surface area contributed by atoms with Crippen LogP contribution < -0.4 is 4.74 Å². The fourth-order valence-electron chi connectivity index (χ4n) is 4.26. The second-order valence-corrected chi connectivity index (χ2v) is 8.61. The van der Waals surface area contributed by atoms with Gasteiger partial charge in [0, 0.05) is 39.4 Å². The summed E-state index contributed by atoms with van der Waals surface area (Å²) >= 11 is 0. The quantitative estimate of drug-likeness (QED) is 0.456. The van der Waals surface area contributed by atoms with Gasteiger partial charge in [-0.2, -0.15) is 5.10 Å². The van der Waals surface area contributed by atoms with Crippen molar-refractivity contribution in [3.05, 3.63) is 71.7 Å². The largest absolute Gasteiger partial charge is 0.438 e. The van der Waals surface area contributed by atoms with Gasteiger partial charge in [0.2, 0.25) is 5.88 Å². The first-order chi connectivity index (χ1) is 16.5. The summed E-state index contributed by atoms with van der Waals surface area (Å²) in [6, 6.07) is 15.8. The number of rotatable bonds is 11. The second-order valence-electron chi connectivity index (χ2n) is 8.61. The highest BCUT2D eigenvalue weighted by Gasteiger charge is 2.26. The number of ether oxygens (including phenoxy) is 3. The minimum Gasteiger partial charge on any atom is -0.438 e. The van der Waals surface area contributed by atoms with Crippen molar-refractivity contribution < 1.29 is 23.7 Å². The van der Waals surface area contributed by atoms with Crippen LogP contribution in [-0.4, -0.2) is 65.4 Å². The molecular weight excluding hydrogens is 437 g/mol. The average molecular weight is 470 g/mol. The van der Waals surface area contributed by atoms with E-state index in [9.17, 15) is 9.50 Å². The van der Waals surface area contributed by atoms with Crippen LogP contribution in [-0.2, 0) is 16.0 Å². The fraction of sp³-hybridized carbons (Fsp3) is 0.423. The number of methoxy groups -OCH3 is 1. The van der Waals surface area contributed by atoms with Crippen LogP contribution in [0.1, 0.15) is 24.1 Å². The van der Waals surface area contributed by atoms with Gasteiger partial charge in [-0.05, 0) is 44.0 Å². The molecule has 0 unspecified atom stereocenters. The first kappa shape index (κ1) is 24.3. The molecule has 1 N–H and O–H groups in total. The Bertz CT molecular complexity index is 1050. The molecule has 182 valence electrons. The highest BCUT2D eigenvalue weighted by molar-refractivity contribution is 5.43. The SMILES string of the molecule is COC[C@H](O)CN(Cc1c(C)nn(-c2ccccc2)c1Oc1cccc(F)c1)C[C@@H]1CCCO1. The second kappa shape index (κ2) is 11.6. The maximum absolute atomic E-state index is 13.9. The van der Waals surface area contributed by atoms with Crippen molar-refractivity contribution in [1.29, 1.82) is 0 Å². The first-order valence-corrected chi connectivity index (χ1v) is 11.6. The van der Waals surface area contributed by atoms with E-state index in [1.54, 1.807) is 23.9 Å². The molecule has 1 aliphatic rings. The van der Waals surface area contributed by atoms with E-state index in [1.165, 1.54) is 12.1 Å². The monoisotopic (exact) mass is 469 g/mol. The minimum absolute atomic E-state index is 0.117. The predicted molar refractivity (Wildman–Crippen MR) is 127 cm³/mol. The molecule has 8 heteroatoms. The van der Waals surface area contributed by atoms with E-state index in [2.05, 4.69) is 4.90 Å². The molecule has 0 aliphatic carbocycles. The fourth-order valence-corrected chi connectivity index (χ4v) is 4.26. The summed E-state index contributed by atoms with van der Waals surface area (Å²) in [5.41, 5.74) is 2.51. The van der Waals surface area contributed by atoms with E-state index < -0.39 is 6.10 Å². The summed E-state index contributed by atoms with van der Waals surface area (Å²) < 4.78 is 32.9. The molecule has 0 amide bonds. The highest BCUT2D eigenvalue weighted by atomic mass is 19.1. The summed E-state index contributed by atoms with van der Waals surface area (Å²) in [5.74, 6) is 0.542. The Kier molecular flexibility index (Phi) is 8.29. The number of hydrogen-bond acceptors (Lipinski definition) is 6. The van der Waals surface area contributed by atoms with E-state index in [1.807, 2.05) is 37.3 Å². The summed E-state index contributed by atoms with van der Waals surface area (Å²) in [6.45, 7) is 4.53. The Morgan fingerprint density at radius 2 is 2.06 bits per heavy atom. The lowest BCUT2D eigenvalue weighted by Gasteiger charge is -2.27. The van der Waals surface area contributed by atoms with Crippen molar-refractivity contribution in [2.45, 2.75) is 38.5 Å². The third-order valence-electron chi connectivity index (χ3n) is 5.84. The average Bonchev–Trinajstić information content (AvgIpc) is 3.43. The lowest BCUT2D eigenvalue weighted by molar-refractivity contribution is 0.0155. The van der Waals surface area contributed by atoms with Gasteiger partial charge in [0.15, 0.2) is 0 Å². The number of hydrogen-bond donors (Lipinski definition) is 1. The van der Waals surface area contributed by atoms with Crippen molar-refractivity contribution in [3.63, 3.8) is 0 Å². The van der Waals surface area contributed by atoms with Crippen molar-refractivity contribution >= 4 is 0 Å². The Labute approximate surface area is 199 Å². The summed E-state index contributed by atoms with van der Waals surface area (Å²) in [4.78, 5) is 2.15. The minimum atomic E-state index is -0.636. The predicted octanol–water partition coefficient (Wildman–Crippen LogP) is 4.10. The molecule has 34 heavy (non-hydrogen) atoms. The molecule has 0 radical (unpaired) electrons. The Morgan fingerprint density at radius 1 is 1.24 bits per heavy atom. The Balaban J connectivity index is 1.68. The molecule has 2 atom stereocenters. The molecule has 3 aromatic rings. The van der Waals surface area contributed by atoms with Gasteiger partial charge in [-0.15, -0.1) is 0 Å². The van der Waals surface area contributed by atoms with Crippen LogP contribution in [0.25, 0.3) is 5.69 Å². The number of aryl methyl sites for hydroxylation is 1.